The number of aromatic nitrogens is 1. The van der Waals surface area contributed by atoms with E-state index < -0.39 is 23.1 Å². The summed E-state index contributed by atoms with van der Waals surface area (Å²) in [6.45, 7) is 0.991. The van der Waals surface area contributed by atoms with E-state index in [9.17, 15) is 23.9 Å². The fourth-order valence-electron chi connectivity index (χ4n) is 1.96. The topological polar surface area (TPSA) is 76.3 Å². The van der Waals surface area contributed by atoms with E-state index in [0.29, 0.717) is 10.8 Å². The molecule has 0 saturated heterocycles. The summed E-state index contributed by atoms with van der Waals surface area (Å²) in [5.74, 6) is -2.25. The highest BCUT2D eigenvalue weighted by atomic mass is 19.1. The molecule has 0 aliphatic heterocycles. The van der Waals surface area contributed by atoms with Gasteiger partial charge in [0.05, 0.1) is 6.54 Å². The monoisotopic (exact) mass is 308 g/mol. The highest BCUT2D eigenvalue weighted by molar-refractivity contribution is 5.93. The van der Waals surface area contributed by atoms with Crippen molar-refractivity contribution in [3.05, 3.63) is 70.7 Å². The predicted octanol–water partition coefficient (Wildman–Crippen LogP) is 1.24. The van der Waals surface area contributed by atoms with Gasteiger partial charge in [0.25, 0.3) is 5.91 Å². The van der Waals surface area contributed by atoms with Crippen molar-refractivity contribution in [1.29, 1.82) is 0 Å². The molecule has 2 rings (SSSR count). The van der Waals surface area contributed by atoms with Crippen LogP contribution in [-0.4, -0.2) is 17.6 Å². The molecule has 1 aromatic heterocycles. The Labute approximate surface area is 125 Å². The van der Waals surface area contributed by atoms with E-state index in [-0.39, 0.29) is 17.7 Å². The minimum atomic E-state index is -1.73. The van der Waals surface area contributed by atoms with E-state index in [1.165, 1.54) is 25.3 Å². The van der Waals surface area contributed by atoms with Gasteiger partial charge in [-0.25, -0.2) is 8.78 Å². The number of hydrogen-bond donors (Lipinski definition) is 2. The van der Waals surface area contributed by atoms with Crippen molar-refractivity contribution in [2.75, 3.05) is 6.54 Å². The van der Waals surface area contributed by atoms with Crippen LogP contribution in [0, 0.1) is 16.8 Å². The van der Waals surface area contributed by atoms with Crippen LogP contribution in [0.3, 0.4) is 0 Å². The van der Waals surface area contributed by atoms with Crippen LogP contribution >= 0.6 is 0 Å². The lowest BCUT2D eigenvalue weighted by molar-refractivity contribution is -0.605. The van der Waals surface area contributed by atoms with Crippen molar-refractivity contribution >= 4 is 5.91 Å². The largest absolute Gasteiger partial charge is 0.619 e. The number of aliphatic hydroxyl groups is 1. The van der Waals surface area contributed by atoms with Crippen LogP contribution in [0.1, 0.15) is 22.8 Å². The summed E-state index contributed by atoms with van der Waals surface area (Å²) in [5.41, 5.74) is -1.76. The Hall–Kier alpha value is -2.54. The van der Waals surface area contributed by atoms with Gasteiger partial charge in [-0.1, -0.05) is 6.07 Å². The third kappa shape index (κ3) is 3.56. The van der Waals surface area contributed by atoms with Gasteiger partial charge >= 0.3 is 0 Å². The molecule has 1 heterocycles. The first-order valence-corrected chi connectivity index (χ1v) is 6.44. The van der Waals surface area contributed by atoms with E-state index in [1.807, 2.05) is 0 Å². The second kappa shape index (κ2) is 6.07. The summed E-state index contributed by atoms with van der Waals surface area (Å²) in [7, 11) is 0. The summed E-state index contributed by atoms with van der Waals surface area (Å²) < 4.78 is 27.0. The Morgan fingerprint density at radius 1 is 1.41 bits per heavy atom. The molecule has 0 saturated carbocycles. The Bertz CT molecular complexity index is 705. The van der Waals surface area contributed by atoms with Crippen LogP contribution in [0.15, 0.2) is 42.7 Å². The SMILES string of the molecule is CC(O)(CNC(=O)c1ccc[n+]([O-])c1)c1ccc(F)cc1F. The zero-order valence-corrected chi connectivity index (χ0v) is 11.7. The molecule has 116 valence electrons. The Morgan fingerprint density at radius 2 is 2.14 bits per heavy atom. The lowest BCUT2D eigenvalue weighted by Gasteiger charge is -2.24. The molecule has 1 unspecified atom stereocenters. The molecular weight excluding hydrogens is 294 g/mol. The number of benzene rings is 1. The minimum absolute atomic E-state index is 0.105. The van der Waals surface area contributed by atoms with E-state index >= 15 is 0 Å². The maximum absolute atomic E-state index is 13.7. The molecule has 2 N–H and O–H groups in total. The van der Waals surface area contributed by atoms with Crippen LogP contribution in [0.25, 0.3) is 0 Å². The molecule has 0 aliphatic rings. The van der Waals surface area contributed by atoms with Gasteiger partial charge < -0.3 is 15.6 Å². The number of amides is 1. The van der Waals surface area contributed by atoms with E-state index in [1.54, 1.807) is 0 Å². The predicted molar refractivity (Wildman–Crippen MR) is 73.7 cm³/mol. The number of nitrogens with zero attached hydrogens (tertiary/aromatic N) is 1. The number of pyridine rings is 1. The molecule has 2 aromatic rings. The Balaban J connectivity index is 2.10. The smallest absolute Gasteiger partial charge is 0.257 e. The summed E-state index contributed by atoms with van der Waals surface area (Å²) in [6, 6.07) is 5.62. The highest BCUT2D eigenvalue weighted by Crippen LogP contribution is 2.23. The second-order valence-electron chi connectivity index (χ2n) is 5.03. The summed E-state index contributed by atoms with van der Waals surface area (Å²) in [6.07, 6.45) is 2.29. The van der Waals surface area contributed by atoms with Crippen LogP contribution in [0.4, 0.5) is 8.78 Å². The van der Waals surface area contributed by atoms with E-state index in [4.69, 9.17) is 0 Å². The van der Waals surface area contributed by atoms with Gasteiger partial charge in [-0.05, 0) is 19.1 Å². The average Bonchev–Trinajstić information content (AvgIpc) is 2.44. The summed E-state index contributed by atoms with van der Waals surface area (Å²) in [5, 5.41) is 23.8. The second-order valence-corrected chi connectivity index (χ2v) is 5.03. The van der Waals surface area contributed by atoms with Gasteiger partial charge in [0.2, 0.25) is 0 Å². The average molecular weight is 308 g/mol. The normalized spacial score (nSPS) is 13.5. The lowest BCUT2D eigenvalue weighted by atomic mass is 9.95. The molecule has 0 radical (unpaired) electrons. The number of nitrogens with one attached hydrogen (secondary N) is 1. The molecule has 1 aromatic carbocycles. The molecule has 0 bridgehead atoms. The first-order valence-electron chi connectivity index (χ1n) is 6.44. The van der Waals surface area contributed by atoms with E-state index in [0.717, 1.165) is 18.3 Å². The van der Waals surface area contributed by atoms with Gasteiger partial charge in [-0.2, -0.15) is 4.73 Å². The van der Waals surface area contributed by atoms with Crippen LogP contribution in [-0.2, 0) is 5.60 Å². The quantitative estimate of drug-likeness (QED) is 0.659. The van der Waals surface area contributed by atoms with Crippen LogP contribution < -0.4 is 10.0 Å². The maximum atomic E-state index is 13.7. The Morgan fingerprint density at radius 3 is 2.77 bits per heavy atom. The Kier molecular flexibility index (Phi) is 4.37. The lowest BCUT2D eigenvalue weighted by Crippen LogP contribution is -2.40. The van der Waals surface area contributed by atoms with Crippen LogP contribution in [0.2, 0.25) is 0 Å². The van der Waals surface area contributed by atoms with Gasteiger partial charge in [-0.15, -0.1) is 0 Å². The zero-order chi connectivity index (χ0) is 16.3. The molecule has 1 atom stereocenters. The first kappa shape index (κ1) is 15.8. The standard InChI is InChI=1S/C15H14F2N2O3/c1-15(21,12-5-4-11(16)7-13(12)17)9-18-14(20)10-3-2-6-19(22)8-10/h2-8,21H,9H2,1H3,(H,18,20). The fraction of sp³-hybridized carbons (Fsp3) is 0.200. The molecule has 1 amide bonds. The molecule has 7 heteroatoms. The first-order chi connectivity index (χ1) is 10.3. The van der Waals surface area contributed by atoms with E-state index in [2.05, 4.69) is 5.32 Å². The molecular formula is C15H14F2N2O3. The van der Waals surface area contributed by atoms with Gasteiger partial charge in [0.15, 0.2) is 12.4 Å². The molecule has 0 spiro atoms. The maximum Gasteiger partial charge on any atom is 0.257 e. The van der Waals surface area contributed by atoms with Crippen molar-refractivity contribution in [1.82, 2.24) is 5.32 Å². The van der Waals surface area contributed by atoms with Crippen molar-refractivity contribution < 1.29 is 23.4 Å². The zero-order valence-electron chi connectivity index (χ0n) is 11.7. The van der Waals surface area contributed by atoms with Gasteiger partial charge in [0, 0.05) is 17.7 Å². The third-order valence-corrected chi connectivity index (χ3v) is 3.14. The molecule has 0 aliphatic carbocycles. The van der Waals surface area contributed by atoms with Crippen molar-refractivity contribution in [2.45, 2.75) is 12.5 Å². The number of carbonyl (C=O) groups is 1. The van der Waals surface area contributed by atoms with Gasteiger partial charge in [0.1, 0.15) is 22.8 Å². The summed E-state index contributed by atoms with van der Waals surface area (Å²) >= 11 is 0. The molecule has 5 nitrogen and oxygen atoms in total. The van der Waals surface area contributed by atoms with Crippen molar-refractivity contribution in [3.63, 3.8) is 0 Å². The van der Waals surface area contributed by atoms with Crippen molar-refractivity contribution in [3.8, 4) is 0 Å². The van der Waals surface area contributed by atoms with Gasteiger partial charge in [-0.3, -0.25) is 4.79 Å². The minimum Gasteiger partial charge on any atom is -0.619 e. The number of hydrogen-bond acceptors (Lipinski definition) is 3. The number of halogens is 2. The molecule has 22 heavy (non-hydrogen) atoms. The van der Waals surface area contributed by atoms with Crippen LogP contribution in [0.5, 0.6) is 0 Å². The summed E-state index contributed by atoms with van der Waals surface area (Å²) in [4.78, 5) is 11.9. The van der Waals surface area contributed by atoms with Crippen molar-refractivity contribution in [2.24, 2.45) is 0 Å². The third-order valence-electron chi connectivity index (χ3n) is 3.14. The number of carbonyl (C=O) groups excluding carboxylic acids is 1. The molecule has 0 fully saturated rings. The highest BCUT2D eigenvalue weighted by Gasteiger charge is 2.27. The number of rotatable bonds is 4. The fourth-order valence-corrected chi connectivity index (χ4v) is 1.96.